The van der Waals surface area contributed by atoms with Gasteiger partial charge in [-0.1, -0.05) is 18.0 Å². The second-order valence-electron chi connectivity index (χ2n) is 7.43. The van der Waals surface area contributed by atoms with Crippen molar-refractivity contribution in [3.05, 3.63) is 65.3 Å². The van der Waals surface area contributed by atoms with E-state index in [1.165, 1.54) is 19.3 Å². The molecular weight excluding hydrogens is 386 g/mol. The number of rotatable bonds is 5. The maximum absolute atomic E-state index is 6.58. The summed E-state index contributed by atoms with van der Waals surface area (Å²) >= 11 is 6.58. The van der Waals surface area contributed by atoms with E-state index in [1.807, 2.05) is 41.1 Å². The highest BCUT2D eigenvalue weighted by Crippen LogP contribution is 2.35. The quantitative estimate of drug-likeness (QED) is 0.487. The normalized spacial score (nSPS) is 15.2. The summed E-state index contributed by atoms with van der Waals surface area (Å²) in [6, 6.07) is 7.79. The number of hydrogen-bond acceptors (Lipinski definition) is 5. The number of ether oxygens (including phenoxy) is 1. The number of likely N-dealkylation sites (tertiary alicyclic amines) is 1. The first-order valence-corrected chi connectivity index (χ1v) is 10.4. The van der Waals surface area contributed by atoms with Crippen molar-refractivity contribution in [3.63, 3.8) is 0 Å². The summed E-state index contributed by atoms with van der Waals surface area (Å²) < 4.78 is 8.21. The molecule has 1 aliphatic rings. The van der Waals surface area contributed by atoms with Crippen LogP contribution in [0.2, 0.25) is 5.02 Å². The van der Waals surface area contributed by atoms with Gasteiger partial charge in [0.2, 0.25) is 5.78 Å². The Morgan fingerprint density at radius 2 is 1.93 bits per heavy atom. The lowest BCUT2D eigenvalue weighted by Crippen LogP contribution is -2.29. The fraction of sp³-hybridized carbons (Fsp3) is 0.318. The van der Waals surface area contributed by atoms with Gasteiger partial charge in [-0.3, -0.25) is 14.3 Å². The minimum absolute atomic E-state index is 0.351. The third kappa shape index (κ3) is 3.78. The zero-order valence-corrected chi connectivity index (χ0v) is 16.8. The first kappa shape index (κ1) is 18.3. The molecule has 0 amide bonds. The van der Waals surface area contributed by atoms with E-state index in [1.54, 1.807) is 12.4 Å². The van der Waals surface area contributed by atoms with Crippen molar-refractivity contribution in [2.75, 3.05) is 13.1 Å². The van der Waals surface area contributed by atoms with Gasteiger partial charge in [-0.15, -0.1) is 0 Å². The Hall–Kier alpha value is -2.70. The van der Waals surface area contributed by atoms with E-state index in [4.69, 9.17) is 16.3 Å². The Kier molecular flexibility index (Phi) is 5.04. The van der Waals surface area contributed by atoms with E-state index >= 15 is 0 Å². The van der Waals surface area contributed by atoms with Crippen LogP contribution in [0.3, 0.4) is 0 Å². The zero-order chi connectivity index (χ0) is 19.6. The first-order chi connectivity index (χ1) is 14.3. The predicted octanol–water partition coefficient (Wildman–Crippen LogP) is 4.50. The van der Waals surface area contributed by atoms with Crippen molar-refractivity contribution in [3.8, 4) is 5.75 Å². The third-order valence-corrected chi connectivity index (χ3v) is 5.68. The minimum atomic E-state index is 0.351. The molecule has 0 saturated carbocycles. The van der Waals surface area contributed by atoms with Crippen LogP contribution < -0.4 is 4.74 Å². The van der Waals surface area contributed by atoms with Crippen LogP contribution in [0.25, 0.3) is 16.7 Å². The van der Waals surface area contributed by atoms with Crippen LogP contribution in [0.1, 0.15) is 30.5 Å². The molecule has 1 aromatic carbocycles. The van der Waals surface area contributed by atoms with E-state index in [9.17, 15) is 0 Å². The van der Waals surface area contributed by atoms with E-state index in [0.717, 1.165) is 47.5 Å². The maximum atomic E-state index is 6.58. The summed E-state index contributed by atoms with van der Waals surface area (Å²) in [6.45, 7) is 3.38. The Morgan fingerprint density at radius 3 is 2.79 bits per heavy atom. The number of pyridine rings is 1. The molecule has 7 heteroatoms. The smallest absolute Gasteiger partial charge is 0.234 e. The molecule has 0 N–H and O–H groups in total. The summed E-state index contributed by atoms with van der Waals surface area (Å²) in [7, 11) is 0. The van der Waals surface area contributed by atoms with E-state index < -0.39 is 0 Å². The predicted molar refractivity (Wildman–Crippen MR) is 113 cm³/mol. The number of aromatic nitrogens is 4. The minimum Gasteiger partial charge on any atom is -0.485 e. The Morgan fingerprint density at radius 1 is 1.07 bits per heavy atom. The second-order valence-corrected chi connectivity index (χ2v) is 7.84. The van der Waals surface area contributed by atoms with Gasteiger partial charge in [-0.2, -0.15) is 0 Å². The van der Waals surface area contributed by atoms with Gasteiger partial charge in [0.15, 0.2) is 5.75 Å². The highest BCUT2D eigenvalue weighted by atomic mass is 35.5. The summed E-state index contributed by atoms with van der Waals surface area (Å²) in [4.78, 5) is 15.9. The lowest BCUT2D eigenvalue weighted by atomic mass is 10.1. The fourth-order valence-corrected chi connectivity index (χ4v) is 4.24. The SMILES string of the molecule is Clc1cc(CN2CCCCC2)c(OCc2cn3cccnc3n2)c2ncccc12. The van der Waals surface area contributed by atoms with E-state index in [0.29, 0.717) is 17.4 Å². The van der Waals surface area contributed by atoms with E-state index in [2.05, 4.69) is 19.9 Å². The van der Waals surface area contributed by atoms with Gasteiger partial charge < -0.3 is 4.74 Å². The first-order valence-electron chi connectivity index (χ1n) is 9.98. The number of piperidine rings is 1. The highest BCUT2D eigenvalue weighted by Gasteiger charge is 2.18. The Labute approximate surface area is 174 Å². The summed E-state index contributed by atoms with van der Waals surface area (Å²) in [6.07, 6.45) is 11.2. The van der Waals surface area contributed by atoms with Gasteiger partial charge in [-0.05, 0) is 50.2 Å². The van der Waals surface area contributed by atoms with Gasteiger partial charge >= 0.3 is 0 Å². The molecule has 0 spiro atoms. The summed E-state index contributed by atoms with van der Waals surface area (Å²) in [5.41, 5.74) is 2.70. The van der Waals surface area contributed by atoms with Crippen LogP contribution in [0.5, 0.6) is 5.75 Å². The van der Waals surface area contributed by atoms with Crippen LogP contribution in [0, 0.1) is 0 Å². The zero-order valence-electron chi connectivity index (χ0n) is 16.1. The van der Waals surface area contributed by atoms with Crippen LogP contribution in [0.4, 0.5) is 0 Å². The van der Waals surface area contributed by atoms with Crippen molar-refractivity contribution in [2.24, 2.45) is 0 Å². The number of nitrogens with zero attached hydrogens (tertiary/aromatic N) is 5. The van der Waals surface area contributed by atoms with Crippen molar-refractivity contribution in [1.82, 2.24) is 24.3 Å². The van der Waals surface area contributed by atoms with Gasteiger partial charge in [0.05, 0.1) is 10.7 Å². The molecule has 0 unspecified atom stereocenters. The molecule has 1 aliphatic heterocycles. The van der Waals surface area contributed by atoms with Crippen molar-refractivity contribution in [1.29, 1.82) is 0 Å². The average Bonchev–Trinajstić information content (AvgIpc) is 3.17. The fourth-order valence-electron chi connectivity index (χ4n) is 3.96. The molecule has 0 radical (unpaired) electrons. The second kappa shape index (κ2) is 7.97. The number of hydrogen-bond donors (Lipinski definition) is 0. The highest BCUT2D eigenvalue weighted by molar-refractivity contribution is 6.35. The largest absolute Gasteiger partial charge is 0.485 e. The van der Waals surface area contributed by atoms with Crippen LogP contribution in [-0.4, -0.2) is 37.3 Å². The molecule has 0 atom stereocenters. The van der Waals surface area contributed by atoms with Crippen LogP contribution >= 0.6 is 11.6 Å². The van der Waals surface area contributed by atoms with Gasteiger partial charge in [0, 0.05) is 42.3 Å². The number of imidazole rings is 1. The molecule has 0 bridgehead atoms. The van der Waals surface area contributed by atoms with Gasteiger partial charge in [0.1, 0.15) is 12.1 Å². The maximum Gasteiger partial charge on any atom is 0.234 e. The van der Waals surface area contributed by atoms with Crippen molar-refractivity contribution >= 4 is 28.3 Å². The molecule has 5 rings (SSSR count). The lowest BCUT2D eigenvalue weighted by molar-refractivity contribution is 0.215. The molecule has 3 aromatic heterocycles. The molecule has 4 heterocycles. The Balaban J connectivity index is 1.49. The van der Waals surface area contributed by atoms with E-state index in [-0.39, 0.29) is 0 Å². The van der Waals surface area contributed by atoms with Crippen molar-refractivity contribution in [2.45, 2.75) is 32.4 Å². The molecule has 0 aliphatic carbocycles. The average molecular weight is 408 g/mol. The Bertz CT molecular complexity index is 1120. The molecule has 148 valence electrons. The molecule has 6 nitrogen and oxygen atoms in total. The number of fused-ring (bicyclic) bond motifs is 2. The molecule has 1 fully saturated rings. The number of benzene rings is 1. The van der Waals surface area contributed by atoms with Crippen LogP contribution in [-0.2, 0) is 13.2 Å². The third-order valence-electron chi connectivity index (χ3n) is 5.37. The monoisotopic (exact) mass is 407 g/mol. The summed E-state index contributed by atoms with van der Waals surface area (Å²) in [5, 5.41) is 1.62. The van der Waals surface area contributed by atoms with Gasteiger partial charge in [0.25, 0.3) is 0 Å². The molecule has 29 heavy (non-hydrogen) atoms. The lowest BCUT2D eigenvalue weighted by Gasteiger charge is -2.27. The summed E-state index contributed by atoms with van der Waals surface area (Å²) in [5.74, 6) is 1.46. The standard InChI is InChI=1S/C22H22ClN5O/c23-19-12-16(13-27-9-2-1-3-10-27)21(20-18(19)6-4-7-24-20)29-15-17-14-28-11-5-8-25-22(28)26-17/h4-8,11-12,14H,1-3,9-10,13,15H2. The van der Waals surface area contributed by atoms with Crippen molar-refractivity contribution < 1.29 is 4.74 Å². The molecule has 4 aromatic rings. The molecular formula is C22H22ClN5O. The molecule has 1 saturated heterocycles. The topological polar surface area (TPSA) is 55.6 Å². The van der Waals surface area contributed by atoms with Gasteiger partial charge in [-0.25, -0.2) is 9.97 Å². The van der Waals surface area contributed by atoms with Crippen LogP contribution in [0.15, 0.2) is 49.1 Å². The number of halogens is 1.